The predicted molar refractivity (Wildman–Crippen MR) is 113 cm³/mol. The maximum absolute atomic E-state index is 9.03. The summed E-state index contributed by atoms with van der Waals surface area (Å²) in [5.74, 6) is 0.638. The van der Waals surface area contributed by atoms with Crippen LogP contribution in [-0.2, 0) is 26.0 Å². The topological polar surface area (TPSA) is 89.8 Å². The van der Waals surface area contributed by atoms with Crippen molar-refractivity contribution in [3.8, 4) is 0 Å². The Morgan fingerprint density at radius 2 is 2.00 bits per heavy atom. The van der Waals surface area contributed by atoms with E-state index in [2.05, 4.69) is 30.2 Å². The third kappa shape index (κ3) is 4.87. The van der Waals surface area contributed by atoms with Gasteiger partial charge in [-0.1, -0.05) is 50.1 Å². The zero-order valence-electron chi connectivity index (χ0n) is 16.9. The Morgan fingerprint density at radius 3 is 2.75 bits per heavy atom. The number of rotatable bonds is 10. The van der Waals surface area contributed by atoms with E-state index in [0.717, 1.165) is 60.9 Å². The Hall–Kier alpha value is -2.47. The van der Waals surface area contributed by atoms with Crippen LogP contribution in [0.25, 0.3) is 10.9 Å². The normalized spacial score (nSPS) is 12.5. The van der Waals surface area contributed by atoms with E-state index in [1.54, 1.807) is 0 Å². The SMILES string of the molecule is CCc1nc2ccccc2c(N)c1CCC(C)CCCCn1cc(CO)nn1. The van der Waals surface area contributed by atoms with Gasteiger partial charge in [-0.15, -0.1) is 5.10 Å². The summed E-state index contributed by atoms with van der Waals surface area (Å²) in [5, 5.41) is 18.0. The van der Waals surface area contributed by atoms with Gasteiger partial charge in [0.05, 0.1) is 18.3 Å². The van der Waals surface area contributed by atoms with E-state index in [4.69, 9.17) is 15.8 Å². The van der Waals surface area contributed by atoms with Crippen LogP contribution >= 0.6 is 0 Å². The number of hydrogen-bond donors (Lipinski definition) is 2. The first-order valence-corrected chi connectivity index (χ1v) is 10.3. The third-order valence-electron chi connectivity index (χ3n) is 5.43. The number of benzene rings is 1. The molecule has 0 radical (unpaired) electrons. The summed E-state index contributed by atoms with van der Waals surface area (Å²) >= 11 is 0. The number of nitrogen functional groups attached to an aromatic ring is 1. The smallest absolute Gasteiger partial charge is 0.108 e. The van der Waals surface area contributed by atoms with Crippen molar-refractivity contribution in [1.29, 1.82) is 0 Å². The summed E-state index contributed by atoms with van der Waals surface area (Å²) in [6.07, 6.45) is 8.23. The monoisotopic (exact) mass is 381 g/mol. The quantitative estimate of drug-likeness (QED) is 0.520. The maximum atomic E-state index is 9.03. The number of unbranched alkanes of at least 4 members (excludes halogenated alkanes) is 1. The molecule has 0 amide bonds. The molecule has 3 aromatic rings. The molecule has 1 atom stereocenters. The maximum Gasteiger partial charge on any atom is 0.108 e. The molecular weight excluding hydrogens is 350 g/mol. The lowest BCUT2D eigenvalue weighted by atomic mass is 9.93. The third-order valence-corrected chi connectivity index (χ3v) is 5.43. The van der Waals surface area contributed by atoms with E-state index >= 15 is 0 Å². The summed E-state index contributed by atoms with van der Waals surface area (Å²) in [6, 6.07) is 8.14. The Bertz CT molecular complexity index is 905. The fourth-order valence-corrected chi connectivity index (χ4v) is 3.72. The van der Waals surface area contributed by atoms with Crippen molar-refractivity contribution in [2.24, 2.45) is 5.92 Å². The number of fused-ring (bicyclic) bond motifs is 1. The Labute approximate surface area is 166 Å². The fraction of sp³-hybridized carbons (Fsp3) is 0.500. The number of pyridine rings is 1. The lowest BCUT2D eigenvalue weighted by Crippen LogP contribution is -2.07. The van der Waals surface area contributed by atoms with Crippen LogP contribution in [0.15, 0.2) is 30.5 Å². The van der Waals surface area contributed by atoms with Crippen molar-refractivity contribution in [3.63, 3.8) is 0 Å². The number of aliphatic hydroxyl groups excluding tert-OH is 1. The van der Waals surface area contributed by atoms with Crippen LogP contribution in [0, 0.1) is 5.92 Å². The highest BCUT2D eigenvalue weighted by Crippen LogP contribution is 2.28. The molecule has 0 bridgehead atoms. The van der Waals surface area contributed by atoms with Crippen molar-refractivity contribution in [2.75, 3.05) is 5.73 Å². The van der Waals surface area contributed by atoms with Crippen LogP contribution in [0.3, 0.4) is 0 Å². The van der Waals surface area contributed by atoms with Gasteiger partial charge < -0.3 is 10.8 Å². The van der Waals surface area contributed by atoms with E-state index < -0.39 is 0 Å². The molecule has 3 rings (SSSR count). The average molecular weight is 382 g/mol. The zero-order valence-corrected chi connectivity index (χ0v) is 16.9. The molecule has 0 fully saturated rings. The Morgan fingerprint density at radius 1 is 1.18 bits per heavy atom. The van der Waals surface area contributed by atoms with Gasteiger partial charge in [-0.2, -0.15) is 0 Å². The van der Waals surface area contributed by atoms with E-state index in [1.807, 2.05) is 29.1 Å². The number of aromatic nitrogens is 4. The number of hydrogen-bond acceptors (Lipinski definition) is 5. The van der Waals surface area contributed by atoms with Gasteiger partial charge in [0.1, 0.15) is 5.69 Å². The highest BCUT2D eigenvalue weighted by atomic mass is 16.3. The van der Waals surface area contributed by atoms with Crippen LogP contribution in [0.1, 0.15) is 56.5 Å². The lowest BCUT2D eigenvalue weighted by molar-refractivity contribution is 0.276. The van der Waals surface area contributed by atoms with Crippen LogP contribution < -0.4 is 5.73 Å². The van der Waals surface area contributed by atoms with E-state index in [9.17, 15) is 0 Å². The first kappa shape index (κ1) is 20.3. The minimum absolute atomic E-state index is 0.0520. The van der Waals surface area contributed by atoms with E-state index in [0.29, 0.717) is 11.6 Å². The number of aliphatic hydroxyl groups is 1. The standard InChI is InChI=1S/C22H31N5O/c1-3-20-19(22(23)18-9-4-5-10-21(18)24-20)12-11-16(2)8-6-7-13-27-14-17(15-28)25-26-27/h4-5,9-10,14,16,28H,3,6-8,11-13,15H2,1-2H3,(H2,23,24). The van der Waals surface area contributed by atoms with Gasteiger partial charge in [0.2, 0.25) is 0 Å². The number of anilines is 1. The molecule has 2 aromatic heterocycles. The largest absolute Gasteiger partial charge is 0.398 e. The second-order valence-corrected chi connectivity index (χ2v) is 7.59. The minimum atomic E-state index is -0.0520. The van der Waals surface area contributed by atoms with Gasteiger partial charge in [0, 0.05) is 23.3 Å². The second kappa shape index (κ2) is 9.64. The number of nitrogens with zero attached hydrogens (tertiary/aromatic N) is 4. The van der Waals surface area contributed by atoms with Crippen LogP contribution in [0.2, 0.25) is 0 Å². The molecule has 1 aromatic carbocycles. The molecule has 1 unspecified atom stereocenters. The van der Waals surface area contributed by atoms with Gasteiger partial charge in [-0.25, -0.2) is 0 Å². The molecule has 6 nitrogen and oxygen atoms in total. The lowest BCUT2D eigenvalue weighted by Gasteiger charge is -2.16. The van der Waals surface area contributed by atoms with Crippen molar-refractivity contribution < 1.29 is 5.11 Å². The summed E-state index contributed by atoms with van der Waals surface area (Å²) in [5.41, 5.74) is 11.4. The summed E-state index contributed by atoms with van der Waals surface area (Å²) in [4.78, 5) is 4.84. The second-order valence-electron chi connectivity index (χ2n) is 7.59. The van der Waals surface area contributed by atoms with Gasteiger partial charge >= 0.3 is 0 Å². The molecule has 0 saturated heterocycles. The summed E-state index contributed by atoms with van der Waals surface area (Å²) in [7, 11) is 0. The minimum Gasteiger partial charge on any atom is -0.398 e. The van der Waals surface area contributed by atoms with Crippen molar-refractivity contribution in [1.82, 2.24) is 20.0 Å². The van der Waals surface area contributed by atoms with Crippen LogP contribution in [0.5, 0.6) is 0 Å². The first-order valence-electron chi connectivity index (χ1n) is 10.3. The van der Waals surface area contributed by atoms with Gasteiger partial charge in [0.25, 0.3) is 0 Å². The molecule has 3 N–H and O–H groups in total. The molecule has 0 aliphatic heterocycles. The highest BCUT2D eigenvalue weighted by molar-refractivity contribution is 5.92. The van der Waals surface area contributed by atoms with Crippen molar-refractivity contribution in [2.45, 2.75) is 65.5 Å². The van der Waals surface area contributed by atoms with Crippen molar-refractivity contribution >= 4 is 16.6 Å². The fourth-order valence-electron chi connectivity index (χ4n) is 3.72. The predicted octanol–water partition coefficient (Wildman–Crippen LogP) is 3.90. The first-order chi connectivity index (χ1) is 13.6. The van der Waals surface area contributed by atoms with E-state index in [1.165, 1.54) is 12.0 Å². The van der Waals surface area contributed by atoms with Crippen LogP contribution in [0.4, 0.5) is 5.69 Å². The summed E-state index contributed by atoms with van der Waals surface area (Å²) in [6.45, 7) is 5.26. The average Bonchev–Trinajstić information content (AvgIpc) is 3.18. The Balaban J connectivity index is 1.51. The number of aryl methyl sites for hydroxylation is 2. The van der Waals surface area contributed by atoms with Gasteiger partial charge in [-0.3, -0.25) is 9.67 Å². The van der Waals surface area contributed by atoms with Crippen LogP contribution in [-0.4, -0.2) is 25.1 Å². The molecule has 6 heteroatoms. The molecule has 0 spiro atoms. The molecule has 0 saturated carbocycles. The number of nitrogens with two attached hydrogens (primary N) is 1. The molecule has 150 valence electrons. The molecular formula is C22H31N5O. The van der Waals surface area contributed by atoms with Crippen molar-refractivity contribution in [3.05, 3.63) is 47.4 Å². The zero-order chi connectivity index (χ0) is 19.9. The highest BCUT2D eigenvalue weighted by Gasteiger charge is 2.13. The molecule has 0 aliphatic rings. The van der Waals surface area contributed by atoms with E-state index in [-0.39, 0.29) is 6.61 Å². The van der Waals surface area contributed by atoms with Gasteiger partial charge in [-0.05, 0) is 43.2 Å². The molecule has 2 heterocycles. The Kier molecular flexibility index (Phi) is 6.98. The molecule has 28 heavy (non-hydrogen) atoms. The molecule has 0 aliphatic carbocycles. The summed E-state index contributed by atoms with van der Waals surface area (Å²) < 4.78 is 1.81. The number of para-hydroxylation sites is 1. The van der Waals surface area contributed by atoms with Gasteiger partial charge in [0.15, 0.2) is 0 Å².